The number of urea groups is 1. The number of nitrogens with one attached hydrogen (secondary N) is 2. The van der Waals surface area contributed by atoms with Crippen molar-refractivity contribution < 1.29 is 14.7 Å². The van der Waals surface area contributed by atoms with Crippen LogP contribution in [0, 0.1) is 0 Å². The number of amides is 2. The highest BCUT2D eigenvalue weighted by Crippen LogP contribution is 2.11. The highest BCUT2D eigenvalue weighted by Gasteiger charge is 2.07. The number of Topliss-reactive ketones (excluding diaryl/α,β-unsaturated/α-hetero) is 1. The van der Waals surface area contributed by atoms with E-state index < -0.39 is 0 Å². The number of carbonyl (C=O) groups excluding carboxylic acids is 2. The normalized spacial score (nSPS) is 11.7. The monoisotopic (exact) mass is 250 g/mol. The number of aliphatic hydroxyl groups is 1. The maximum atomic E-state index is 11.6. The summed E-state index contributed by atoms with van der Waals surface area (Å²) in [5, 5.41) is 14.1. The fourth-order valence-electron chi connectivity index (χ4n) is 1.47. The summed E-state index contributed by atoms with van der Waals surface area (Å²) in [6.45, 7) is 3.31. The van der Waals surface area contributed by atoms with Gasteiger partial charge in [-0.1, -0.05) is 12.1 Å². The lowest BCUT2D eigenvalue weighted by Gasteiger charge is -2.13. The van der Waals surface area contributed by atoms with E-state index in [0.29, 0.717) is 17.7 Å². The summed E-state index contributed by atoms with van der Waals surface area (Å²) in [6.07, 6.45) is 0.501. The SMILES string of the molecule is CC(=O)c1cccc(NC(=O)N[C@H](C)CCO)c1. The maximum absolute atomic E-state index is 11.6. The molecule has 2 amide bonds. The van der Waals surface area contributed by atoms with E-state index >= 15 is 0 Å². The van der Waals surface area contributed by atoms with E-state index in [1.54, 1.807) is 24.3 Å². The van der Waals surface area contributed by atoms with Gasteiger partial charge in [-0.2, -0.15) is 0 Å². The van der Waals surface area contributed by atoms with Crippen LogP contribution in [0.5, 0.6) is 0 Å². The van der Waals surface area contributed by atoms with Crippen molar-refractivity contribution in [2.75, 3.05) is 11.9 Å². The lowest BCUT2D eigenvalue weighted by Crippen LogP contribution is -2.36. The predicted octanol–water partition coefficient (Wildman–Crippen LogP) is 1.78. The number of rotatable bonds is 5. The van der Waals surface area contributed by atoms with Gasteiger partial charge in [-0.05, 0) is 32.4 Å². The Kier molecular flexibility index (Phi) is 5.32. The van der Waals surface area contributed by atoms with Crippen molar-refractivity contribution in [1.29, 1.82) is 0 Å². The van der Waals surface area contributed by atoms with Crippen molar-refractivity contribution >= 4 is 17.5 Å². The number of hydrogen-bond acceptors (Lipinski definition) is 3. The van der Waals surface area contributed by atoms with Gasteiger partial charge in [-0.15, -0.1) is 0 Å². The third kappa shape index (κ3) is 4.55. The number of anilines is 1. The van der Waals surface area contributed by atoms with Gasteiger partial charge in [0.05, 0.1) is 0 Å². The summed E-state index contributed by atoms with van der Waals surface area (Å²) in [4.78, 5) is 22.8. The van der Waals surface area contributed by atoms with Gasteiger partial charge in [0.1, 0.15) is 0 Å². The zero-order valence-electron chi connectivity index (χ0n) is 10.6. The summed E-state index contributed by atoms with van der Waals surface area (Å²) in [5.74, 6) is -0.0484. The molecule has 0 aliphatic rings. The molecular formula is C13H18N2O3. The number of benzene rings is 1. The maximum Gasteiger partial charge on any atom is 0.319 e. The van der Waals surface area contributed by atoms with Crippen molar-refractivity contribution in [2.45, 2.75) is 26.3 Å². The van der Waals surface area contributed by atoms with Crippen LogP contribution in [0.1, 0.15) is 30.6 Å². The fourth-order valence-corrected chi connectivity index (χ4v) is 1.47. The summed E-state index contributed by atoms with van der Waals surface area (Å²) >= 11 is 0. The van der Waals surface area contributed by atoms with Crippen LogP contribution >= 0.6 is 0 Å². The van der Waals surface area contributed by atoms with E-state index in [1.165, 1.54) is 6.92 Å². The lowest BCUT2D eigenvalue weighted by molar-refractivity contribution is 0.101. The topological polar surface area (TPSA) is 78.4 Å². The predicted molar refractivity (Wildman–Crippen MR) is 69.8 cm³/mol. The van der Waals surface area contributed by atoms with Gasteiger partial charge < -0.3 is 15.7 Å². The van der Waals surface area contributed by atoms with Crippen LogP contribution in [0.15, 0.2) is 24.3 Å². The molecule has 1 atom stereocenters. The summed E-state index contributed by atoms with van der Waals surface area (Å²) in [7, 11) is 0. The molecule has 0 radical (unpaired) electrons. The molecule has 1 rings (SSSR count). The Morgan fingerprint density at radius 2 is 2.11 bits per heavy atom. The molecule has 0 saturated heterocycles. The smallest absolute Gasteiger partial charge is 0.319 e. The highest BCUT2D eigenvalue weighted by molar-refractivity contribution is 5.96. The van der Waals surface area contributed by atoms with Crippen LogP contribution < -0.4 is 10.6 Å². The van der Waals surface area contributed by atoms with Crippen LogP contribution in [-0.4, -0.2) is 29.6 Å². The molecule has 18 heavy (non-hydrogen) atoms. The average molecular weight is 250 g/mol. The van der Waals surface area contributed by atoms with Gasteiger partial charge in [0.25, 0.3) is 0 Å². The van der Waals surface area contributed by atoms with Crippen LogP contribution in [0.25, 0.3) is 0 Å². The van der Waals surface area contributed by atoms with Crippen molar-refractivity contribution in [1.82, 2.24) is 5.32 Å². The van der Waals surface area contributed by atoms with Crippen LogP contribution in [0.4, 0.5) is 10.5 Å². The van der Waals surface area contributed by atoms with Crippen LogP contribution in [-0.2, 0) is 0 Å². The number of carbonyl (C=O) groups is 2. The minimum atomic E-state index is -0.350. The second kappa shape index (κ2) is 6.76. The van der Waals surface area contributed by atoms with E-state index in [4.69, 9.17) is 5.11 Å². The molecule has 5 heteroatoms. The number of aliphatic hydroxyl groups excluding tert-OH is 1. The van der Waals surface area contributed by atoms with Gasteiger partial charge in [-0.25, -0.2) is 4.79 Å². The Morgan fingerprint density at radius 1 is 1.39 bits per heavy atom. The van der Waals surface area contributed by atoms with E-state index in [0.717, 1.165) is 0 Å². The third-order valence-electron chi connectivity index (χ3n) is 2.47. The molecule has 0 bridgehead atoms. The minimum Gasteiger partial charge on any atom is -0.396 e. The lowest BCUT2D eigenvalue weighted by atomic mass is 10.1. The summed E-state index contributed by atoms with van der Waals surface area (Å²) in [5.41, 5.74) is 1.12. The molecule has 1 aromatic carbocycles. The van der Waals surface area contributed by atoms with E-state index in [2.05, 4.69) is 10.6 Å². The highest BCUT2D eigenvalue weighted by atomic mass is 16.3. The summed E-state index contributed by atoms with van der Waals surface area (Å²) in [6, 6.07) is 6.28. The average Bonchev–Trinajstić information content (AvgIpc) is 2.29. The van der Waals surface area contributed by atoms with E-state index in [-0.39, 0.29) is 24.5 Å². The van der Waals surface area contributed by atoms with Crippen molar-refractivity contribution in [2.24, 2.45) is 0 Å². The Labute approximate surface area is 106 Å². The zero-order valence-corrected chi connectivity index (χ0v) is 10.6. The second-order valence-electron chi connectivity index (χ2n) is 4.15. The molecule has 0 spiro atoms. The minimum absolute atomic E-state index is 0.0290. The van der Waals surface area contributed by atoms with Gasteiger partial charge >= 0.3 is 6.03 Å². The molecule has 0 fully saturated rings. The summed E-state index contributed by atoms with van der Waals surface area (Å²) < 4.78 is 0. The first-order valence-electron chi connectivity index (χ1n) is 5.82. The third-order valence-corrected chi connectivity index (χ3v) is 2.47. The van der Waals surface area contributed by atoms with Crippen molar-refractivity contribution in [3.05, 3.63) is 29.8 Å². The molecule has 5 nitrogen and oxygen atoms in total. The molecule has 98 valence electrons. The van der Waals surface area contributed by atoms with Gasteiger partial charge in [0.2, 0.25) is 0 Å². The Hall–Kier alpha value is -1.88. The quantitative estimate of drug-likeness (QED) is 0.697. The standard InChI is InChI=1S/C13H18N2O3/c1-9(6-7-16)14-13(18)15-12-5-3-4-11(8-12)10(2)17/h3-5,8-9,16H,6-7H2,1-2H3,(H2,14,15,18)/t9-/m1/s1. The molecular weight excluding hydrogens is 232 g/mol. The first-order chi connectivity index (χ1) is 8.52. The van der Waals surface area contributed by atoms with Gasteiger partial charge in [-0.3, -0.25) is 4.79 Å². The largest absolute Gasteiger partial charge is 0.396 e. The molecule has 0 heterocycles. The molecule has 0 aromatic heterocycles. The Morgan fingerprint density at radius 3 is 2.72 bits per heavy atom. The second-order valence-corrected chi connectivity index (χ2v) is 4.15. The molecule has 0 unspecified atom stereocenters. The first kappa shape index (κ1) is 14.2. The fraction of sp³-hybridized carbons (Fsp3) is 0.385. The van der Waals surface area contributed by atoms with E-state index in [1.807, 2.05) is 6.92 Å². The number of hydrogen-bond donors (Lipinski definition) is 3. The van der Waals surface area contributed by atoms with E-state index in [9.17, 15) is 9.59 Å². The molecule has 0 saturated carbocycles. The Balaban J connectivity index is 2.59. The Bertz CT molecular complexity index is 432. The molecule has 0 aliphatic heterocycles. The van der Waals surface area contributed by atoms with Crippen LogP contribution in [0.2, 0.25) is 0 Å². The molecule has 3 N–H and O–H groups in total. The zero-order chi connectivity index (χ0) is 13.5. The van der Waals surface area contributed by atoms with Crippen LogP contribution in [0.3, 0.4) is 0 Å². The van der Waals surface area contributed by atoms with Gasteiger partial charge in [0, 0.05) is 23.9 Å². The number of ketones is 1. The van der Waals surface area contributed by atoms with Gasteiger partial charge in [0.15, 0.2) is 5.78 Å². The van der Waals surface area contributed by atoms with Crippen molar-refractivity contribution in [3.8, 4) is 0 Å². The molecule has 1 aromatic rings. The van der Waals surface area contributed by atoms with Crippen molar-refractivity contribution in [3.63, 3.8) is 0 Å². The first-order valence-corrected chi connectivity index (χ1v) is 5.82. The molecule has 0 aliphatic carbocycles.